The van der Waals surface area contributed by atoms with Gasteiger partial charge in [-0.1, -0.05) is 6.07 Å². The molecule has 3 aliphatic rings. The van der Waals surface area contributed by atoms with E-state index in [1.54, 1.807) is 0 Å². The van der Waals surface area contributed by atoms with Crippen LogP contribution in [0.4, 0.5) is 0 Å². The van der Waals surface area contributed by atoms with Gasteiger partial charge < -0.3 is 14.5 Å². The summed E-state index contributed by atoms with van der Waals surface area (Å²) in [5.74, 6) is 0.382. The maximum atomic E-state index is 12.8. The molecule has 0 aromatic carbocycles. The Morgan fingerprint density at radius 1 is 1.23 bits per heavy atom. The van der Waals surface area contributed by atoms with Crippen LogP contribution in [0.25, 0.3) is 0 Å². The molecule has 4 rings (SSSR count). The molecule has 0 radical (unpaired) electrons. The summed E-state index contributed by atoms with van der Waals surface area (Å²) in [7, 11) is 0. The number of piperidine rings is 1. The monoisotopic (exact) mass is 357 g/mol. The Bertz CT molecular complexity index is 611. The van der Waals surface area contributed by atoms with Crippen molar-refractivity contribution in [1.82, 2.24) is 14.8 Å². The number of pyridine rings is 1. The largest absolute Gasteiger partial charge is 0.381 e. The van der Waals surface area contributed by atoms with Gasteiger partial charge in [0.15, 0.2) is 0 Å². The SMILES string of the molecule is Cc1ccc(C2(CN3CCCC3)CCN(C(=O)C3CCOC3)CC2)nc1. The lowest BCUT2D eigenvalue weighted by Gasteiger charge is -2.44. The van der Waals surface area contributed by atoms with Crippen LogP contribution in [-0.4, -0.2) is 66.6 Å². The number of rotatable bonds is 4. The van der Waals surface area contributed by atoms with Gasteiger partial charge in [-0.2, -0.15) is 0 Å². The van der Waals surface area contributed by atoms with Crippen LogP contribution in [0.3, 0.4) is 0 Å². The highest BCUT2D eigenvalue weighted by atomic mass is 16.5. The topological polar surface area (TPSA) is 45.7 Å². The van der Waals surface area contributed by atoms with Crippen molar-refractivity contribution >= 4 is 5.91 Å². The first-order valence-corrected chi connectivity index (χ1v) is 10.2. The zero-order valence-corrected chi connectivity index (χ0v) is 16.0. The lowest BCUT2D eigenvalue weighted by atomic mass is 9.74. The Morgan fingerprint density at radius 3 is 2.62 bits per heavy atom. The highest BCUT2D eigenvalue weighted by molar-refractivity contribution is 5.79. The summed E-state index contributed by atoms with van der Waals surface area (Å²) in [5.41, 5.74) is 2.51. The van der Waals surface area contributed by atoms with Gasteiger partial charge >= 0.3 is 0 Å². The third-order valence-electron chi connectivity index (χ3n) is 6.49. The van der Waals surface area contributed by atoms with Crippen LogP contribution in [0.5, 0.6) is 0 Å². The first-order valence-electron chi connectivity index (χ1n) is 10.2. The molecule has 5 heteroatoms. The molecule has 3 aliphatic heterocycles. The van der Waals surface area contributed by atoms with Gasteiger partial charge in [0.25, 0.3) is 0 Å². The second-order valence-corrected chi connectivity index (χ2v) is 8.37. The van der Waals surface area contributed by atoms with E-state index in [4.69, 9.17) is 9.72 Å². The summed E-state index contributed by atoms with van der Waals surface area (Å²) >= 11 is 0. The molecule has 0 saturated carbocycles. The molecule has 0 aliphatic carbocycles. The predicted octanol–water partition coefficient (Wildman–Crippen LogP) is 2.38. The maximum absolute atomic E-state index is 12.8. The minimum Gasteiger partial charge on any atom is -0.381 e. The van der Waals surface area contributed by atoms with E-state index in [0.717, 1.165) is 45.5 Å². The number of hydrogen-bond donors (Lipinski definition) is 0. The van der Waals surface area contributed by atoms with E-state index in [1.807, 2.05) is 6.20 Å². The third-order valence-corrected chi connectivity index (χ3v) is 6.49. The van der Waals surface area contributed by atoms with Gasteiger partial charge in [0.05, 0.1) is 12.5 Å². The van der Waals surface area contributed by atoms with Crippen molar-refractivity contribution < 1.29 is 9.53 Å². The van der Waals surface area contributed by atoms with E-state index >= 15 is 0 Å². The highest BCUT2D eigenvalue weighted by Crippen LogP contribution is 2.37. The van der Waals surface area contributed by atoms with Gasteiger partial charge in [-0.25, -0.2) is 0 Å². The number of likely N-dealkylation sites (tertiary alicyclic amines) is 2. The van der Waals surface area contributed by atoms with E-state index in [-0.39, 0.29) is 11.3 Å². The fraction of sp³-hybridized carbons (Fsp3) is 0.714. The van der Waals surface area contributed by atoms with Crippen molar-refractivity contribution in [2.75, 3.05) is 45.9 Å². The van der Waals surface area contributed by atoms with Gasteiger partial charge in [-0.3, -0.25) is 9.78 Å². The fourth-order valence-corrected chi connectivity index (χ4v) is 4.79. The van der Waals surface area contributed by atoms with Crippen LogP contribution >= 0.6 is 0 Å². The molecule has 1 atom stereocenters. The van der Waals surface area contributed by atoms with Gasteiger partial charge in [-0.15, -0.1) is 0 Å². The Hall–Kier alpha value is -1.46. The first kappa shape index (κ1) is 17.9. The Morgan fingerprint density at radius 2 is 2.00 bits per heavy atom. The first-order chi connectivity index (χ1) is 12.7. The molecule has 5 nitrogen and oxygen atoms in total. The van der Waals surface area contributed by atoms with Crippen molar-refractivity contribution in [3.05, 3.63) is 29.6 Å². The molecule has 1 unspecified atom stereocenters. The second-order valence-electron chi connectivity index (χ2n) is 8.37. The van der Waals surface area contributed by atoms with E-state index < -0.39 is 0 Å². The summed E-state index contributed by atoms with van der Waals surface area (Å²) in [6, 6.07) is 4.40. The van der Waals surface area contributed by atoms with Gasteiger partial charge in [0.2, 0.25) is 5.91 Å². The fourth-order valence-electron chi connectivity index (χ4n) is 4.79. The number of ether oxygens (including phenoxy) is 1. The number of aromatic nitrogens is 1. The number of amides is 1. The molecule has 0 bridgehead atoms. The predicted molar refractivity (Wildman–Crippen MR) is 101 cm³/mol. The Labute approximate surface area is 156 Å². The highest BCUT2D eigenvalue weighted by Gasteiger charge is 2.41. The summed E-state index contributed by atoms with van der Waals surface area (Å²) in [4.78, 5) is 22.3. The molecule has 142 valence electrons. The molecule has 0 N–H and O–H groups in total. The number of carbonyl (C=O) groups excluding carboxylic acids is 1. The minimum atomic E-state index is 0.0820. The van der Waals surface area contributed by atoms with Crippen molar-refractivity contribution in [1.29, 1.82) is 0 Å². The molecule has 26 heavy (non-hydrogen) atoms. The number of nitrogens with zero attached hydrogens (tertiary/aromatic N) is 3. The molecular formula is C21H31N3O2. The quantitative estimate of drug-likeness (QED) is 0.830. The molecular weight excluding hydrogens is 326 g/mol. The average molecular weight is 357 g/mol. The molecule has 1 aromatic heterocycles. The number of carbonyl (C=O) groups is 1. The van der Waals surface area contributed by atoms with E-state index in [1.165, 1.54) is 37.2 Å². The lowest BCUT2D eigenvalue weighted by Crippen LogP contribution is -2.51. The normalized spacial score (nSPS) is 26.3. The van der Waals surface area contributed by atoms with Crippen LogP contribution in [-0.2, 0) is 14.9 Å². The average Bonchev–Trinajstić information content (AvgIpc) is 3.36. The lowest BCUT2D eigenvalue weighted by molar-refractivity contribution is -0.137. The Kier molecular flexibility index (Phi) is 5.28. The third kappa shape index (κ3) is 3.65. The minimum absolute atomic E-state index is 0.0820. The van der Waals surface area contributed by atoms with Crippen molar-refractivity contribution in [3.8, 4) is 0 Å². The maximum Gasteiger partial charge on any atom is 0.228 e. The zero-order valence-electron chi connectivity index (χ0n) is 16.0. The van der Waals surface area contributed by atoms with E-state index in [9.17, 15) is 4.79 Å². The smallest absolute Gasteiger partial charge is 0.228 e. The van der Waals surface area contributed by atoms with Crippen LogP contribution in [0.2, 0.25) is 0 Å². The summed E-state index contributed by atoms with van der Waals surface area (Å²) in [6.07, 6.45) is 7.52. The van der Waals surface area contributed by atoms with E-state index in [0.29, 0.717) is 12.5 Å². The van der Waals surface area contributed by atoms with Gasteiger partial charge in [0.1, 0.15) is 0 Å². The van der Waals surface area contributed by atoms with Crippen molar-refractivity contribution in [2.45, 2.75) is 44.4 Å². The molecule has 0 spiro atoms. The summed E-state index contributed by atoms with van der Waals surface area (Å²) < 4.78 is 5.42. The van der Waals surface area contributed by atoms with E-state index in [2.05, 4.69) is 28.9 Å². The standard InChI is InChI=1S/C21H31N3O2/c1-17-4-5-19(22-14-17)21(16-23-9-2-3-10-23)7-11-24(12-8-21)20(25)18-6-13-26-15-18/h4-5,14,18H,2-3,6-13,15-16H2,1H3. The van der Waals surface area contributed by atoms with Gasteiger partial charge in [0, 0.05) is 43.5 Å². The molecule has 3 fully saturated rings. The molecule has 1 aromatic rings. The Balaban J connectivity index is 1.49. The van der Waals surface area contributed by atoms with Crippen molar-refractivity contribution in [2.24, 2.45) is 5.92 Å². The van der Waals surface area contributed by atoms with Crippen LogP contribution < -0.4 is 0 Å². The molecule has 3 saturated heterocycles. The van der Waals surface area contributed by atoms with Crippen LogP contribution in [0.1, 0.15) is 43.4 Å². The van der Waals surface area contributed by atoms with Crippen molar-refractivity contribution in [3.63, 3.8) is 0 Å². The number of aryl methyl sites for hydroxylation is 1. The molecule has 4 heterocycles. The summed E-state index contributed by atoms with van der Waals surface area (Å²) in [6.45, 7) is 8.61. The number of hydrogen-bond acceptors (Lipinski definition) is 4. The van der Waals surface area contributed by atoms with Gasteiger partial charge in [-0.05, 0) is 63.7 Å². The van der Waals surface area contributed by atoms with Crippen LogP contribution in [0.15, 0.2) is 18.3 Å². The van der Waals surface area contributed by atoms with Crippen LogP contribution in [0, 0.1) is 12.8 Å². The molecule has 1 amide bonds. The summed E-state index contributed by atoms with van der Waals surface area (Å²) in [5, 5.41) is 0. The second kappa shape index (κ2) is 7.65. The zero-order chi connectivity index (χ0) is 18.0.